The normalized spacial score (nSPS) is 10.4. The summed E-state index contributed by atoms with van der Waals surface area (Å²) in [4.78, 5) is 11.1. The molecule has 0 bridgehead atoms. The standard InChI is InChI=1S/C12H11NO/c1-8-10-5-3-2-4-9(10)6-7-11(8)12(13)14/h2-7H,1H3,(H2,13,14). The average Bonchev–Trinajstić information content (AvgIpc) is 2.18. The third kappa shape index (κ3) is 1.25. The minimum absolute atomic E-state index is 0.367. The molecule has 1 amide bonds. The van der Waals surface area contributed by atoms with E-state index in [0.717, 1.165) is 16.3 Å². The molecule has 0 saturated carbocycles. The number of benzene rings is 2. The van der Waals surface area contributed by atoms with E-state index in [9.17, 15) is 4.79 Å². The summed E-state index contributed by atoms with van der Waals surface area (Å²) in [6.45, 7) is 1.92. The predicted octanol–water partition coefficient (Wildman–Crippen LogP) is 2.25. The van der Waals surface area contributed by atoms with Crippen LogP contribution in [-0.2, 0) is 0 Å². The molecule has 0 aliphatic heterocycles. The lowest BCUT2D eigenvalue weighted by atomic mass is 10.00. The molecular formula is C12H11NO. The maximum Gasteiger partial charge on any atom is 0.248 e. The molecule has 2 N–H and O–H groups in total. The van der Waals surface area contributed by atoms with Crippen LogP contribution in [0.2, 0.25) is 0 Å². The minimum atomic E-state index is -0.367. The molecule has 0 heterocycles. The number of amides is 1. The van der Waals surface area contributed by atoms with Crippen molar-refractivity contribution < 1.29 is 4.79 Å². The maximum absolute atomic E-state index is 11.1. The largest absolute Gasteiger partial charge is 0.366 e. The van der Waals surface area contributed by atoms with Gasteiger partial charge in [0.2, 0.25) is 5.91 Å². The van der Waals surface area contributed by atoms with Crippen molar-refractivity contribution in [3.8, 4) is 0 Å². The van der Waals surface area contributed by atoms with E-state index in [1.54, 1.807) is 6.07 Å². The fraction of sp³-hybridized carbons (Fsp3) is 0.0833. The van der Waals surface area contributed by atoms with Crippen molar-refractivity contribution >= 4 is 16.7 Å². The van der Waals surface area contributed by atoms with E-state index in [4.69, 9.17) is 5.73 Å². The van der Waals surface area contributed by atoms with Crippen molar-refractivity contribution in [2.75, 3.05) is 0 Å². The van der Waals surface area contributed by atoms with E-state index < -0.39 is 0 Å². The summed E-state index contributed by atoms with van der Waals surface area (Å²) in [5.74, 6) is -0.367. The molecule has 2 aromatic carbocycles. The summed E-state index contributed by atoms with van der Waals surface area (Å²) in [6.07, 6.45) is 0. The molecule has 0 aliphatic carbocycles. The van der Waals surface area contributed by atoms with Crippen molar-refractivity contribution in [2.24, 2.45) is 5.73 Å². The number of rotatable bonds is 1. The highest BCUT2D eigenvalue weighted by molar-refractivity contribution is 6.00. The van der Waals surface area contributed by atoms with E-state index in [-0.39, 0.29) is 5.91 Å². The highest BCUT2D eigenvalue weighted by Gasteiger charge is 2.06. The fourth-order valence-electron chi connectivity index (χ4n) is 1.69. The van der Waals surface area contributed by atoms with Crippen LogP contribution in [0.25, 0.3) is 10.8 Å². The number of carbonyl (C=O) groups excluding carboxylic acids is 1. The molecule has 0 unspecified atom stereocenters. The van der Waals surface area contributed by atoms with Gasteiger partial charge in [-0.15, -0.1) is 0 Å². The van der Waals surface area contributed by atoms with Gasteiger partial charge in [-0.3, -0.25) is 4.79 Å². The van der Waals surface area contributed by atoms with Crippen LogP contribution in [0.1, 0.15) is 15.9 Å². The van der Waals surface area contributed by atoms with Gasteiger partial charge >= 0.3 is 0 Å². The maximum atomic E-state index is 11.1. The van der Waals surface area contributed by atoms with Gasteiger partial charge in [0.1, 0.15) is 0 Å². The molecule has 2 rings (SSSR count). The predicted molar refractivity (Wildman–Crippen MR) is 57.2 cm³/mol. The molecular weight excluding hydrogens is 174 g/mol. The van der Waals surface area contributed by atoms with Crippen LogP contribution in [0.5, 0.6) is 0 Å². The third-order valence-corrected chi connectivity index (χ3v) is 2.46. The van der Waals surface area contributed by atoms with Crippen LogP contribution in [-0.4, -0.2) is 5.91 Å². The highest BCUT2D eigenvalue weighted by Crippen LogP contribution is 2.20. The Bertz CT molecular complexity index is 503. The zero-order valence-corrected chi connectivity index (χ0v) is 7.95. The number of hydrogen-bond donors (Lipinski definition) is 1. The molecule has 0 saturated heterocycles. The molecule has 0 atom stereocenters. The quantitative estimate of drug-likeness (QED) is 0.727. The zero-order chi connectivity index (χ0) is 10.1. The number of hydrogen-bond acceptors (Lipinski definition) is 1. The topological polar surface area (TPSA) is 43.1 Å². The lowest BCUT2D eigenvalue weighted by Crippen LogP contribution is -2.12. The summed E-state index contributed by atoms with van der Waals surface area (Å²) in [5, 5.41) is 2.22. The number of carbonyl (C=O) groups is 1. The zero-order valence-electron chi connectivity index (χ0n) is 7.95. The Morgan fingerprint density at radius 1 is 1.14 bits per heavy atom. The number of aryl methyl sites for hydroxylation is 1. The Morgan fingerprint density at radius 3 is 2.57 bits per heavy atom. The van der Waals surface area contributed by atoms with Crippen molar-refractivity contribution in [2.45, 2.75) is 6.92 Å². The molecule has 2 heteroatoms. The molecule has 0 fully saturated rings. The fourth-order valence-corrected chi connectivity index (χ4v) is 1.69. The molecule has 0 spiro atoms. The van der Waals surface area contributed by atoms with Gasteiger partial charge in [-0.05, 0) is 29.3 Å². The van der Waals surface area contributed by atoms with Crippen molar-refractivity contribution in [3.63, 3.8) is 0 Å². The van der Waals surface area contributed by atoms with Gasteiger partial charge in [0, 0.05) is 5.56 Å². The lowest BCUT2D eigenvalue weighted by molar-refractivity contribution is 0.1000. The summed E-state index contributed by atoms with van der Waals surface area (Å²) < 4.78 is 0. The van der Waals surface area contributed by atoms with Gasteiger partial charge in [0.05, 0.1) is 0 Å². The van der Waals surface area contributed by atoms with E-state index in [2.05, 4.69) is 0 Å². The second-order valence-corrected chi connectivity index (χ2v) is 3.32. The Balaban J connectivity index is 2.81. The molecule has 0 radical (unpaired) electrons. The highest BCUT2D eigenvalue weighted by atomic mass is 16.1. The number of primary amides is 1. The molecule has 14 heavy (non-hydrogen) atoms. The van der Waals surface area contributed by atoms with Gasteiger partial charge in [-0.2, -0.15) is 0 Å². The van der Waals surface area contributed by atoms with Gasteiger partial charge in [0.25, 0.3) is 0 Å². The SMILES string of the molecule is Cc1c(C(N)=O)ccc2ccccc12. The van der Waals surface area contributed by atoms with Crippen LogP contribution < -0.4 is 5.73 Å². The van der Waals surface area contributed by atoms with Crippen LogP contribution in [0.3, 0.4) is 0 Å². The summed E-state index contributed by atoms with van der Waals surface area (Å²) in [6, 6.07) is 11.7. The first-order chi connectivity index (χ1) is 6.70. The molecule has 70 valence electrons. The molecule has 0 aliphatic rings. The first kappa shape index (κ1) is 8.75. The van der Waals surface area contributed by atoms with Crippen LogP contribution in [0.4, 0.5) is 0 Å². The smallest absolute Gasteiger partial charge is 0.248 e. The number of nitrogens with two attached hydrogens (primary N) is 1. The Labute approximate surface area is 82.3 Å². The molecule has 2 aromatic rings. The second kappa shape index (κ2) is 3.14. The van der Waals surface area contributed by atoms with Crippen LogP contribution >= 0.6 is 0 Å². The van der Waals surface area contributed by atoms with Gasteiger partial charge < -0.3 is 5.73 Å². The van der Waals surface area contributed by atoms with Crippen LogP contribution in [0, 0.1) is 6.92 Å². The first-order valence-electron chi connectivity index (χ1n) is 4.48. The van der Waals surface area contributed by atoms with Crippen molar-refractivity contribution in [3.05, 3.63) is 47.5 Å². The van der Waals surface area contributed by atoms with Gasteiger partial charge in [-0.1, -0.05) is 30.3 Å². The Hall–Kier alpha value is -1.83. The van der Waals surface area contributed by atoms with Gasteiger partial charge in [-0.25, -0.2) is 0 Å². The third-order valence-electron chi connectivity index (χ3n) is 2.46. The van der Waals surface area contributed by atoms with E-state index >= 15 is 0 Å². The summed E-state index contributed by atoms with van der Waals surface area (Å²) in [7, 11) is 0. The molecule has 0 aromatic heterocycles. The van der Waals surface area contributed by atoms with Gasteiger partial charge in [0.15, 0.2) is 0 Å². The second-order valence-electron chi connectivity index (χ2n) is 3.32. The van der Waals surface area contributed by atoms with Crippen molar-refractivity contribution in [1.82, 2.24) is 0 Å². The van der Waals surface area contributed by atoms with Crippen LogP contribution in [0.15, 0.2) is 36.4 Å². The van der Waals surface area contributed by atoms with Crippen molar-refractivity contribution in [1.29, 1.82) is 0 Å². The number of fused-ring (bicyclic) bond motifs is 1. The van der Waals surface area contributed by atoms with E-state index in [1.165, 1.54) is 0 Å². The first-order valence-corrected chi connectivity index (χ1v) is 4.48. The summed E-state index contributed by atoms with van der Waals surface area (Å²) in [5.41, 5.74) is 6.82. The molecule has 2 nitrogen and oxygen atoms in total. The Kier molecular flexibility index (Phi) is 1.97. The summed E-state index contributed by atoms with van der Waals surface area (Å²) >= 11 is 0. The van der Waals surface area contributed by atoms with E-state index in [0.29, 0.717) is 5.56 Å². The monoisotopic (exact) mass is 185 g/mol. The van der Waals surface area contributed by atoms with E-state index in [1.807, 2.05) is 37.3 Å². The average molecular weight is 185 g/mol. The minimum Gasteiger partial charge on any atom is -0.366 e. The lowest BCUT2D eigenvalue weighted by Gasteiger charge is -2.05. The Morgan fingerprint density at radius 2 is 1.86 bits per heavy atom.